The molecule has 2 N–H and O–H groups in total. The topological polar surface area (TPSA) is 66.9 Å². The lowest BCUT2D eigenvalue weighted by molar-refractivity contribution is 0.0918. The number of hydrogen-bond donors (Lipinski definition) is 2. The van der Waals surface area contributed by atoms with Gasteiger partial charge in [0.15, 0.2) is 0 Å². The largest absolute Gasteiger partial charge is 0.345 e. The Kier molecular flexibility index (Phi) is 3.79. The van der Waals surface area contributed by atoms with Crippen LogP contribution in [0.1, 0.15) is 10.5 Å². The molecule has 0 atom stereocenters. The van der Waals surface area contributed by atoms with Crippen LogP contribution in [0.3, 0.4) is 0 Å². The second kappa shape index (κ2) is 4.88. The minimum Gasteiger partial charge on any atom is -0.345 e. The van der Waals surface area contributed by atoms with E-state index < -0.39 is 0 Å². The fraction of sp³-hybridized carbons (Fsp3) is 0.375. The van der Waals surface area contributed by atoms with E-state index in [4.69, 9.17) is 0 Å². The van der Waals surface area contributed by atoms with E-state index in [1.54, 1.807) is 6.20 Å². The normalized spacial score (nSPS) is 15.1. The van der Waals surface area contributed by atoms with Gasteiger partial charge in [-0.15, -0.1) is 12.4 Å². The standard InChI is InChI=1S/C8H10N4O.ClH/c13-8(12-6-3-10-4-6)7-5-9-1-2-11-7;/h1-2,5-6,10H,3-4H2,(H,12,13);1H. The van der Waals surface area contributed by atoms with Gasteiger partial charge in [0.1, 0.15) is 5.69 Å². The minimum atomic E-state index is -0.153. The molecule has 0 saturated carbocycles. The van der Waals surface area contributed by atoms with Crippen LogP contribution in [0, 0.1) is 0 Å². The number of aromatic nitrogens is 2. The molecule has 5 nitrogen and oxygen atoms in total. The van der Waals surface area contributed by atoms with Gasteiger partial charge in [0.05, 0.1) is 12.2 Å². The molecule has 1 saturated heterocycles. The van der Waals surface area contributed by atoms with Crippen molar-refractivity contribution in [2.45, 2.75) is 6.04 Å². The molecule has 1 amide bonds. The Bertz CT molecular complexity index is 301. The van der Waals surface area contributed by atoms with Gasteiger partial charge in [-0.05, 0) is 0 Å². The lowest BCUT2D eigenvalue weighted by Gasteiger charge is -2.27. The fourth-order valence-electron chi connectivity index (χ4n) is 1.07. The molecule has 6 heteroatoms. The highest BCUT2D eigenvalue weighted by Gasteiger charge is 2.19. The Morgan fingerprint density at radius 1 is 1.50 bits per heavy atom. The van der Waals surface area contributed by atoms with E-state index in [1.807, 2.05) is 0 Å². The van der Waals surface area contributed by atoms with E-state index in [-0.39, 0.29) is 24.4 Å². The van der Waals surface area contributed by atoms with Gasteiger partial charge in [-0.3, -0.25) is 9.78 Å². The van der Waals surface area contributed by atoms with Crippen molar-refractivity contribution in [3.63, 3.8) is 0 Å². The summed E-state index contributed by atoms with van der Waals surface area (Å²) in [6.07, 6.45) is 4.51. The van der Waals surface area contributed by atoms with Crippen molar-refractivity contribution < 1.29 is 4.79 Å². The van der Waals surface area contributed by atoms with Gasteiger partial charge in [0, 0.05) is 25.5 Å². The molecule has 0 spiro atoms. The molecule has 1 aromatic rings. The lowest BCUT2D eigenvalue weighted by Crippen LogP contribution is -2.57. The van der Waals surface area contributed by atoms with Crippen LogP contribution in [0.25, 0.3) is 0 Å². The number of rotatable bonds is 2. The molecule has 0 unspecified atom stereocenters. The van der Waals surface area contributed by atoms with Crippen LogP contribution in [-0.2, 0) is 0 Å². The van der Waals surface area contributed by atoms with Crippen molar-refractivity contribution in [3.8, 4) is 0 Å². The summed E-state index contributed by atoms with van der Waals surface area (Å²) in [6.45, 7) is 1.68. The molecule has 2 heterocycles. The Hall–Kier alpha value is -1.20. The first-order valence-corrected chi connectivity index (χ1v) is 4.14. The number of carbonyl (C=O) groups excluding carboxylic acids is 1. The van der Waals surface area contributed by atoms with Gasteiger partial charge in [-0.25, -0.2) is 4.98 Å². The van der Waals surface area contributed by atoms with Crippen LogP contribution in [0.4, 0.5) is 0 Å². The Labute approximate surface area is 87.7 Å². The predicted octanol–water partition coefficient (Wildman–Crippen LogP) is -0.400. The summed E-state index contributed by atoms with van der Waals surface area (Å²) < 4.78 is 0. The minimum absolute atomic E-state index is 0. The molecule has 76 valence electrons. The van der Waals surface area contributed by atoms with E-state index in [2.05, 4.69) is 20.6 Å². The van der Waals surface area contributed by atoms with Crippen LogP contribution >= 0.6 is 12.4 Å². The predicted molar refractivity (Wildman–Crippen MR) is 53.4 cm³/mol. The smallest absolute Gasteiger partial charge is 0.271 e. The zero-order valence-corrected chi connectivity index (χ0v) is 8.25. The van der Waals surface area contributed by atoms with Crippen LogP contribution < -0.4 is 10.6 Å². The van der Waals surface area contributed by atoms with Gasteiger partial charge in [0.2, 0.25) is 0 Å². The van der Waals surface area contributed by atoms with E-state index in [1.165, 1.54) is 12.4 Å². The van der Waals surface area contributed by atoms with E-state index in [0.29, 0.717) is 5.69 Å². The highest BCUT2D eigenvalue weighted by Crippen LogP contribution is 1.95. The van der Waals surface area contributed by atoms with Gasteiger partial charge in [-0.1, -0.05) is 0 Å². The van der Waals surface area contributed by atoms with E-state index in [0.717, 1.165) is 13.1 Å². The molecule has 1 aliphatic heterocycles. The molecular formula is C8H11ClN4O. The number of nitrogens with zero attached hydrogens (tertiary/aromatic N) is 2. The summed E-state index contributed by atoms with van der Waals surface area (Å²) in [4.78, 5) is 19.1. The third kappa shape index (κ3) is 2.40. The summed E-state index contributed by atoms with van der Waals surface area (Å²) in [5, 5.41) is 5.90. The van der Waals surface area contributed by atoms with E-state index in [9.17, 15) is 4.79 Å². The Morgan fingerprint density at radius 2 is 2.29 bits per heavy atom. The number of amides is 1. The summed E-state index contributed by atoms with van der Waals surface area (Å²) >= 11 is 0. The van der Waals surface area contributed by atoms with Crippen molar-refractivity contribution in [2.24, 2.45) is 0 Å². The maximum Gasteiger partial charge on any atom is 0.271 e. The van der Waals surface area contributed by atoms with Gasteiger partial charge < -0.3 is 10.6 Å². The highest BCUT2D eigenvalue weighted by atomic mass is 35.5. The average molecular weight is 215 g/mol. The molecule has 0 aliphatic carbocycles. The molecule has 14 heavy (non-hydrogen) atoms. The molecular weight excluding hydrogens is 204 g/mol. The van der Waals surface area contributed by atoms with Gasteiger partial charge >= 0.3 is 0 Å². The van der Waals surface area contributed by atoms with Gasteiger partial charge in [-0.2, -0.15) is 0 Å². The van der Waals surface area contributed by atoms with Crippen LogP contribution in [0.2, 0.25) is 0 Å². The first kappa shape index (κ1) is 10.9. The summed E-state index contributed by atoms with van der Waals surface area (Å²) in [6, 6.07) is 0.245. The van der Waals surface area contributed by atoms with Gasteiger partial charge in [0.25, 0.3) is 5.91 Å². The maximum atomic E-state index is 11.4. The number of hydrogen-bond acceptors (Lipinski definition) is 4. The molecule has 1 aromatic heterocycles. The second-order valence-corrected chi connectivity index (χ2v) is 2.92. The first-order chi connectivity index (χ1) is 6.36. The molecule has 0 aromatic carbocycles. The van der Waals surface area contributed by atoms with Crippen molar-refractivity contribution in [3.05, 3.63) is 24.3 Å². The van der Waals surface area contributed by atoms with Crippen molar-refractivity contribution in [1.29, 1.82) is 0 Å². The van der Waals surface area contributed by atoms with Crippen molar-refractivity contribution in [1.82, 2.24) is 20.6 Å². The Balaban J connectivity index is 0.000000980. The van der Waals surface area contributed by atoms with Crippen molar-refractivity contribution >= 4 is 18.3 Å². The number of nitrogens with one attached hydrogen (secondary N) is 2. The average Bonchev–Trinajstić information content (AvgIpc) is 2.12. The quantitative estimate of drug-likeness (QED) is 0.703. The summed E-state index contributed by atoms with van der Waals surface area (Å²) in [5.41, 5.74) is 0.370. The maximum absolute atomic E-state index is 11.4. The molecule has 2 rings (SSSR count). The highest BCUT2D eigenvalue weighted by molar-refractivity contribution is 5.92. The molecule has 0 bridgehead atoms. The fourth-order valence-corrected chi connectivity index (χ4v) is 1.07. The van der Waals surface area contributed by atoms with Crippen LogP contribution in [0.5, 0.6) is 0 Å². The lowest BCUT2D eigenvalue weighted by atomic mass is 10.2. The van der Waals surface area contributed by atoms with Crippen LogP contribution in [-0.4, -0.2) is 35.0 Å². The van der Waals surface area contributed by atoms with Crippen LogP contribution in [0.15, 0.2) is 18.6 Å². The van der Waals surface area contributed by atoms with Crippen molar-refractivity contribution in [2.75, 3.05) is 13.1 Å². The summed E-state index contributed by atoms with van der Waals surface area (Å²) in [7, 11) is 0. The number of carbonyl (C=O) groups is 1. The zero-order valence-electron chi connectivity index (χ0n) is 7.43. The number of halogens is 1. The monoisotopic (exact) mass is 214 g/mol. The third-order valence-electron chi connectivity index (χ3n) is 1.91. The Morgan fingerprint density at radius 3 is 2.79 bits per heavy atom. The van der Waals surface area contributed by atoms with E-state index >= 15 is 0 Å². The molecule has 1 fully saturated rings. The molecule has 0 radical (unpaired) electrons. The zero-order chi connectivity index (χ0) is 9.10. The third-order valence-corrected chi connectivity index (χ3v) is 1.91. The first-order valence-electron chi connectivity index (χ1n) is 4.14. The molecule has 1 aliphatic rings. The summed E-state index contributed by atoms with van der Waals surface area (Å²) in [5.74, 6) is -0.153. The second-order valence-electron chi connectivity index (χ2n) is 2.92. The SMILES string of the molecule is Cl.O=C(NC1CNC1)c1cnccn1.